The van der Waals surface area contributed by atoms with Crippen LogP contribution in [0.4, 0.5) is 0 Å². The average molecular weight is 1150 g/mol. The van der Waals surface area contributed by atoms with Crippen molar-refractivity contribution in [2.24, 2.45) is 50.5 Å². The Morgan fingerprint density at radius 3 is 1.62 bits per heavy atom. The molecule has 10 atom stereocenters. The molecule has 1 aromatic carbocycles. The lowest BCUT2D eigenvalue weighted by atomic mass is 9.98. The van der Waals surface area contributed by atoms with Crippen molar-refractivity contribution in [2.45, 2.75) is 159 Å². The van der Waals surface area contributed by atoms with Gasteiger partial charge in [0.15, 0.2) is 11.9 Å². The zero-order valence-electron chi connectivity index (χ0n) is 45.8. The zero-order chi connectivity index (χ0) is 61.1. The van der Waals surface area contributed by atoms with Gasteiger partial charge in [-0.2, -0.15) is 0 Å². The number of carboxylic acid groups (broad SMARTS) is 4. The van der Waals surface area contributed by atoms with E-state index in [0.717, 1.165) is 4.90 Å². The lowest BCUT2D eigenvalue weighted by molar-refractivity contribution is -0.146. The van der Waals surface area contributed by atoms with Crippen LogP contribution in [0.15, 0.2) is 40.3 Å². The van der Waals surface area contributed by atoms with Crippen LogP contribution in [0.3, 0.4) is 0 Å². The largest absolute Gasteiger partial charge is 0.481 e. The summed E-state index contributed by atoms with van der Waals surface area (Å²) in [5.41, 5.74) is 28.0. The Morgan fingerprint density at radius 2 is 1.09 bits per heavy atom. The fraction of sp³-hybridized carbons (Fsp3) is 0.600. The predicted octanol–water partition coefficient (Wildman–Crippen LogP) is -4.35. The molecule has 21 N–H and O–H groups in total. The molecular weight excluding hydrogens is 1070 g/mol. The van der Waals surface area contributed by atoms with E-state index in [1.807, 2.05) is 0 Å². The van der Waals surface area contributed by atoms with Crippen LogP contribution in [-0.4, -0.2) is 182 Å². The molecule has 31 heteroatoms. The van der Waals surface area contributed by atoms with Crippen LogP contribution in [0, 0.1) is 11.8 Å². The Labute approximate surface area is 467 Å². The molecule has 0 bridgehead atoms. The molecule has 0 radical (unpaired) electrons. The minimum atomic E-state index is -1.89. The van der Waals surface area contributed by atoms with Gasteiger partial charge in [0.05, 0.1) is 18.9 Å². The quantitative estimate of drug-likeness (QED) is 0.0172. The second-order valence-corrected chi connectivity index (χ2v) is 19.8. The van der Waals surface area contributed by atoms with Gasteiger partial charge in [-0.1, -0.05) is 64.4 Å². The summed E-state index contributed by atoms with van der Waals surface area (Å²) in [6.07, 6.45) is -2.78. The number of carbonyl (C=O) groups excluding carboxylic acids is 8. The van der Waals surface area contributed by atoms with E-state index in [4.69, 9.17) is 28.7 Å². The van der Waals surface area contributed by atoms with E-state index in [-0.39, 0.29) is 76.5 Å². The molecule has 0 aromatic heterocycles. The van der Waals surface area contributed by atoms with Crippen LogP contribution in [0.1, 0.15) is 104 Å². The van der Waals surface area contributed by atoms with Crippen LogP contribution in [0.25, 0.3) is 0 Å². The molecule has 1 saturated heterocycles. The van der Waals surface area contributed by atoms with Crippen molar-refractivity contribution in [3.8, 4) is 0 Å². The molecule has 1 fully saturated rings. The third-order valence-electron chi connectivity index (χ3n) is 12.9. The summed E-state index contributed by atoms with van der Waals surface area (Å²) >= 11 is 0. The molecule has 31 nitrogen and oxygen atoms in total. The number of guanidine groups is 2. The van der Waals surface area contributed by atoms with E-state index < -0.39 is 163 Å². The van der Waals surface area contributed by atoms with Gasteiger partial charge in [-0.3, -0.25) is 62.7 Å². The van der Waals surface area contributed by atoms with Crippen molar-refractivity contribution in [3.63, 3.8) is 0 Å². The fourth-order valence-electron chi connectivity index (χ4n) is 8.36. The SMILES string of the molecule is CC[C@H](C)[C@H](NC(=O)[C@H](CCC(=O)O)NC(=O)[C@H](Cc1ccccc1)NC(=O)[C@@H](NC(=O)[C@@H]1CCCN1C(=O)[C@H](CC(=O)O)NC(=O)[C@H](CCCN=C(N)N)NC(=O)[C@H](CC(=O)O)NC(=O)[C@@H](N)CCCN=C(N)N)C(C)C)C(=O)O. The summed E-state index contributed by atoms with van der Waals surface area (Å²) in [4.78, 5) is 167. The Morgan fingerprint density at radius 1 is 0.593 bits per heavy atom. The number of carboxylic acids is 4. The van der Waals surface area contributed by atoms with E-state index in [1.165, 1.54) is 0 Å². The highest BCUT2D eigenvalue weighted by atomic mass is 16.4. The first-order valence-corrected chi connectivity index (χ1v) is 26.3. The highest BCUT2D eigenvalue weighted by Crippen LogP contribution is 2.21. The number of hydrogen-bond acceptors (Lipinski definition) is 15. The normalized spacial score (nSPS) is 16.2. The van der Waals surface area contributed by atoms with Gasteiger partial charge in [-0.25, -0.2) is 4.79 Å². The molecule has 0 saturated carbocycles. The number of nitrogens with one attached hydrogen (secondary N) is 7. The van der Waals surface area contributed by atoms with E-state index in [2.05, 4.69) is 47.2 Å². The first-order valence-electron chi connectivity index (χ1n) is 26.3. The number of rotatable bonds is 36. The third kappa shape index (κ3) is 24.5. The number of amides is 8. The maximum atomic E-state index is 14.3. The number of nitrogens with two attached hydrogens (primary N) is 5. The van der Waals surface area contributed by atoms with Gasteiger partial charge in [0.1, 0.15) is 48.3 Å². The highest BCUT2D eigenvalue weighted by Gasteiger charge is 2.42. The van der Waals surface area contributed by atoms with Crippen LogP contribution in [0.2, 0.25) is 0 Å². The lowest BCUT2D eigenvalue weighted by Crippen LogP contribution is -2.61. The second kappa shape index (κ2) is 34.4. The molecule has 2 rings (SSSR count). The first-order chi connectivity index (χ1) is 38.1. The number of likely N-dealkylation sites (tertiary alicyclic amines) is 1. The number of aliphatic carboxylic acids is 4. The maximum absolute atomic E-state index is 14.3. The Hall–Kier alpha value is -8.64. The van der Waals surface area contributed by atoms with Gasteiger partial charge in [0.2, 0.25) is 47.3 Å². The van der Waals surface area contributed by atoms with Gasteiger partial charge in [0.25, 0.3) is 0 Å². The summed E-state index contributed by atoms with van der Waals surface area (Å²) in [6, 6.07) is -5.49. The first kappa shape index (κ1) is 68.5. The van der Waals surface area contributed by atoms with Crippen molar-refractivity contribution in [1.29, 1.82) is 0 Å². The molecule has 0 unspecified atom stereocenters. The molecule has 81 heavy (non-hydrogen) atoms. The lowest BCUT2D eigenvalue weighted by Gasteiger charge is -2.31. The van der Waals surface area contributed by atoms with Gasteiger partial charge in [-0.05, 0) is 62.3 Å². The van der Waals surface area contributed by atoms with E-state index in [1.54, 1.807) is 58.0 Å². The van der Waals surface area contributed by atoms with E-state index >= 15 is 0 Å². The van der Waals surface area contributed by atoms with Crippen LogP contribution >= 0.6 is 0 Å². The predicted molar refractivity (Wildman–Crippen MR) is 289 cm³/mol. The van der Waals surface area contributed by atoms with Crippen molar-refractivity contribution >= 4 is 83.1 Å². The molecule has 8 amide bonds. The summed E-state index contributed by atoms with van der Waals surface area (Å²) in [6.45, 7) is 6.30. The van der Waals surface area contributed by atoms with Gasteiger partial charge in [-0.15, -0.1) is 0 Å². The molecule has 0 spiro atoms. The molecule has 1 aliphatic heterocycles. The van der Waals surface area contributed by atoms with Gasteiger partial charge in [0, 0.05) is 32.5 Å². The maximum Gasteiger partial charge on any atom is 0.326 e. The summed E-state index contributed by atoms with van der Waals surface area (Å²) in [5, 5.41) is 55.8. The van der Waals surface area contributed by atoms with Crippen molar-refractivity contribution in [3.05, 3.63) is 35.9 Å². The highest BCUT2D eigenvalue weighted by molar-refractivity contribution is 5.99. The van der Waals surface area contributed by atoms with Crippen molar-refractivity contribution < 1.29 is 78.0 Å². The van der Waals surface area contributed by atoms with Crippen LogP contribution in [0.5, 0.6) is 0 Å². The number of benzene rings is 1. The fourth-order valence-corrected chi connectivity index (χ4v) is 8.36. The average Bonchev–Trinajstić information content (AvgIpc) is 3.89. The minimum Gasteiger partial charge on any atom is -0.481 e. The molecular formula is C50H79N15O16. The number of aliphatic imine (C=N–C) groups is 2. The summed E-state index contributed by atoms with van der Waals surface area (Å²) < 4.78 is 0. The molecule has 1 aromatic rings. The number of nitrogens with zero attached hydrogens (tertiary/aromatic N) is 3. The van der Waals surface area contributed by atoms with Crippen molar-refractivity contribution in [1.82, 2.24) is 42.1 Å². The standard InChI is InChI=1S/C50H79N15O16/c1-5-26(4)39(48(80)81)64-42(74)30(17-18-35(66)67)59-43(75)31(22-27-12-7-6-8-13-27)61-46(78)38(25(2)3)63-45(77)34-16-11-21-65(34)47(79)33(24-37(70)71)62-41(73)29(15-10-20-57-50(54)55)58-44(76)32(23-36(68)69)60-40(72)28(51)14-9-19-56-49(52)53/h6-8,12-13,25-26,28-34,38-39H,5,9-11,14-24,51H2,1-4H3,(H,58,76)(H,59,75)(H,60,72)(H,61,78)(H,62,73)(H,63,77)(H,64,74)(H,66,67)(H,68,69)(H,70,71)(H,80,81)(H4,52,53,56)(H4,54,55,57)/t26-,28-,29-,30-,31-,32-,33-,34-,38-,39-/m0/s1. The number of hydrogen-bond donors (Lipinski definition) is 16. The second-order valence-electron chi connectivity index (χ2n) is 19.8. The molecule has 1 aliphatic rings. The topological polar surface area (TPSA) is 528 Å². The third-order valence-corrected chi connectivity index (χ3v) is 12.9. The van der Waals surface area contributed by atoms with E-state index in [0.29, 0.717) is 12.0 Å². The number of carbonyl (C=O) groups is 12. The minimum absolute atomic E-state index is 0.00354. The zero-order valence-corrected chi connectivity index (χ0v) is 45.8. The smallest absolute Gasteiger partial charge is 0.326 e. The summed E-state index contributed by atoms with van der Waals surface area (Å²) in [5.74, 6) is -15.6. The molecule has 0 aliphatic carbocycles. The molecule has 450 valence electrons. The van der Waals surface area contributed by atoms with Crippen molar-refractivity contribution in [2.75, 3.05) is 19.6 Å². The Balaban J connectivity index is 2.43. The van der Waals surface area contributed by atoms with E-state index in [9.17, 15) is 78.0 Å². The molecule has 1 heterocycles. The Kier molecular flexibility index (Phi) is 29.1. The summed E-state index contributed by atoms with van der Waals surface area (Å²) in [7, 11) is 0. The van der Waals surface area contributed by atoms with Gasteiger partial charge < -0.3 is 91.2 Å². The monoisotopic (exact) mass is 1150 g/mol. The van der Waals surface area contributed by atoms with Crippen LogP contribution < -0.4 is 65.9 Å². The van der Waals surface area contributed by atoms with Crippen LogP contribution in [-0.2, 0) is 64.0 Å². The van der Waals surface area contributed by atoms with Gasteiger partial charge >= 0.3 is 23.9 Å². The Bertz CT molecular complexity index is 2440.